The van der Waals surface area contributed by atoms with Gasteiger partial charge in [-0.15, -0.1) is 0 Å². The monoisotopic (exact) mass is 218 g/mol. The second-order valence-electron chi connectivity index (χ2n) is 3.24. The number of aliphatic hydroxyl groups excluding tert-OH is 3. The van der Waals surface area contributed by atoms with E-state index in [1.54, 1.807) is 0 Å². The van der Waals surface area contributed by atoms with Crippen molar-refractivity contribution in [2.75, 3.05) is 33.0 Å². The van der Waals surface area contributed by atoms with Gasteiger partial charge in [-0.1, -0.05) is 6.32 Å². The average Bonchev–Trinajstić information content (AvgIpc) is 2.24. The first-order chi connectivity index (χ1) is 7.20. The van der Waals surface area contributed by atoms with E-state index < -0.39 is 12.2 Å². The summed E-state index contributed by atoms with van der Waals surface area (Å²) in [5.41, 5.74) is 0. The Hall–Kier alpha value is -0.135. The molecule has 0 spiro atoms. The summed E-state index contributed by atoms with van der Waals surface area (Å²) in [4.78, 5) is 0. The minimum absolute atomic E-state index is 0.0103. The van der Waals surface area contributed by atoms with Crippen LogP contribution in [0.4, 0.5) is 0 Å². The summed E-state index contributed by atoms with van der Waals surface area (Å²) in [5, 5.41) is 26.7. The molecular weight excluding hydrogens is 199 g/mol. The van der Waals surface area contributed by atoms with Gasteiger partial charge < -0.3 is 24.8 Å². The largest absolute Gasteiger partial charge is 0.394 e. The van der Waals surface area contributed by atoms with Crippen molar-refractivity contribution < 1.29 is 24.8 Å². The molecule has 0 aromatic heterocycles. The fourth-order valence-electron chi connectivity index (χ4n) is 0.846. The average molecular weight is 218 g/mol. The van der Waals surface area contributed by atoms with Crippen molar-refractivity contribution in [3.05, 3.63) is 0 Å². The van der Waals surface area contributed by atoms with Gasteiger partial charge in [0.2, 0.25) is 0 Å². The van der Waals surface area contributed by atoms with Crippen molar-refractivity contribution in [2.24, 2.45) is 0 Å². The number of aliphatic hydroxyl groups is 3. The smallest absolute Gasteiger partial charge is 0.101 e. The lowest BCUT2D eigenvalue weighted by Crippen LogP contribution is -2.26. The summed E-state index contributed by atoms with van der Waals surface area (Å²) in [6, 6.07) is 0. The Morgan fingerprint density at radius 1 is 1.00 bits per heavy atom. The number of ether oxygens (including phenoxy) is 2. The lowest BCUT2D eigenvalue weighted by atomic mass is 10.0. The van der Waals surface area contributed by atoms with Gasteiger partial charge >= 0.3 is 0 Å². The third-order valence-corrected chi connectivity index (χ3v) is 1.63. The van der Waals surface area contributed by atoms with Crippen molar-refractivity contribution in [3.8, 4) is 0 Å². The molecule has 6 heteroatoms. The quantitative estimate of drug-likeness (QED) is 0.314. The fourth-order valence-corrected chi connectivity index (χ4v) is 0.846. The van der Waals surface area contributed by atoms with Crippen LogP contribution in [0.15, 0.2) is 0 Å². The highest BCUT2D eigenvalue weighted by molar-refractivity contribution is 6.08. The molecule has 0 aromatic rings. The first-order valence-electron chi connectivity index (χ1n) is 5.03. The fraction of sp³-hybridized carbons (Fsp3) is 1.00. The van der Waals surface area contributed by atoms with E-state index in [4.69, 9.17) is 27.5 Å². The topological polar surface area (TPSA) is 79.2 Å². The normalized spacial score (nSPS) is 15.1. The molecule has 0 fully saturated rings. The highest BCUT2D eigenvalue weighted by Crippen LogP contribution is 1.92. The summed E-state index contributed by atoms with van der Waals surface area (Å²) in [6.07, 6.45) is -0.282. The molecular formula is C9H19BO5. The maximum absolute atomic E-state index is 9.31. The standard InChI is InChI=1S/C9H19BO5/c10-2-1-3-14-6-9(13)7-15-5-8(12)4-11/h8-9,11-13H,1-7H2. The predicted molar refractivity (Wildman–Crippen MR) is 55.9 cm³/mol. The minimum atomic E-state index is -0.893. The van der Waals surface area contributed by atoms with Crippen molar-refractivity contribution in [3.63, 3.8) is 0 Å². The maximum atomic E-state index is 9.31. The van der Waals surface area contributed by atoms with E-state index in [9.17, 15) is 5.11 Å². The molecule has 0 aliphatic heterocycles. The SMILES string of the molecule is [B]CCCOCC(O)COCC(O)CO. The molecule has 2 atom stereocenters. The van der Waals surface area contributed by atoms with Gasteiger partial charge in [-0.25, -0.2) is 0 Å². The van der Waals surface area contributed by atoms with Crippen LogP contribution in [0.5, 0.6) is 0 Å². The van der Waals surface area contributed by atoms with Crippen LogP contribution in [0.1, 0.15) is 6.42 Å². The Morgan fingerprint density at radius 2 is 1.60 bits per heavy atom. The van der Waals surface area contributed by atoms with Crippen molar-refractivity contribution >= 4 is 7.85 Å². The van der Waals surface area contributed by atoms with Crippen LogP contribution in [0.2, 0.25) is 6.32 Å². The lowest BCUT2D eigenvalue weighted by molar-refractivity contribution is -0.0477. The van der Waals surface area contributed by atoms with Crippen molar-refractivity contribution in [2.45, 2.75) is 24.9 Å². The Bertz CT molecular complexity index is 136. The van der Waals surface area contributed by atoms with Gasteiger partial charge in [-0.05, 0) is 6.42 Å². The lowest BCUT2D eigenvalue weighted by Gasteiger charge is -2.13. The Labute approximate surface area is 91.4 Å². The van der Waals surface area contributed by atoms with E-state index in [0.717, 1.165) is 6.42 Å². The molecule has 0 saturated carbocycles. The predicted octanol–water partition coefficient (Wildman–Crippen LogP) is -1.29. The second kappa shape index (κ2) is 10.4. The zero-order valence-electron chi connectivity index (χ0n) is 8.84. The van der Waals surface area contributed by atoms with Gasteiger partial charge in [-0.3, -0.25) is 0 Å². The van der Waals surface area contributed by atoms with Gasteiger partial charge in [0.15, 0.2) is 0 Å². The zero-order valence-corrected chi connectivity index (χ0v) is 8.84. The maximum Gasteiger partial charge on any atom is 0.101 e. The molecule has 0 aromatic carbocycles. The van der Waals surface area contributed by atoms with E-state index >= 15 is 0 Å². The van der Waals surface area contributed by atoms with Crippen LogP contribution in [0, 0.1) is 0 Å². The van der Waals surface area contributed by atoms with Crippen LogP contribution in [-0.2, 0) is 9.47 Å². The van der Waals surface area contributed by atoms with Crippen LogP contribution >= 0.6 is 0 Å². The Morgan fingerprint density at radius 3 is 2.20 bits per heavy atom. The first-order valence-corrected chi connectivity index (χ1v) is 5.03. The van der Waals surface area contributed by atoms with Gasteiger partial charge in [0.05, 0.1) is 34.3 Å². The highest BCUT2D eigenvalue weighted by atomic mass is 16.5. The van der Waals surface area contributed by atoms with Gasteiger partial charge in [0, 0.05) is 6.61 Å². The summed E-state index contributed by atoms with van der Waals surface area (Å²) in [6.45, 7) is 0.460. The van der Waals surface area contributed by atoms with E-state index in [1.807, 2.05) is 0 Å². The second-order valence-corrected chi connectivity index (χ2v) is 3.24. The van der Waals surface area contributed by atoms with E-state index in [0.29, 0.717) is 12.9 Å². The third-order valence-electron chi connectivity index (χ3n) is 1.63. The summed E-state index contributed by atoms with van der Waals surface area (Å²) in [7, 11) is 5.26. The van der Waals surface area contributed by atoms with Crippen molar-refractivity contribution in [1.82, 2.24) is 0 Å². The summed E-state index contributed by atoms with van der Waals surface area (Å²) >= 11 is 0. The van der Waals surface area contributed by atoms with Crippen LogP contribution < -0.4 is 0 Å². The van der Waals surface area contributed by atoms with Gasteiger partial charge in [-0.2, -0.15) is 0 Å². The van der Waals surface area contributed by atoms with Gasteiger partial charge in [0.1, 0.15) is 12.2 Å². The summed E-state index contributed by atoms with van der Waals surface area (Å²) in [5.74, 6) is 0. The van der Waals surface area contributed by atoms with Gasteiger partial charge in [0.25, 0.3) is 0 Å². The molecule has 2 radical (unpaired) electrons. The van der Waals surface area contributed by atoms with E-state index in [2.05, 4.69) is 0 Å². The Balaban J connectivity index is 3.21. The number of rotatable bonds is 10. The van der Waals surface area contributed by atoms with Crippen molar-refractivity contribution in [1.29, 1.82) is 0 Å². The number of hydrogen-bond acceptors (Lipinski definition) is 5. The molecule has 0 bridgehead atoms. The molecule has 3 N–H and O–H groups in total. The molecule has 15 heavy (non-hydrogen) atoms. The summed E-state index contributed by atoms with van der Waals surface area (Å²) < 4.78 is 10.0. The molecule has 0 aliphatic carbocycles. The molecule has 0 heterocycles. The molecule has 0 rings (SSSR count). The zero-order chi connectivity index (χ0) is 11.5. The van der Waals surface area contributed by atoms with Crippen LogP contribution in [0.3, 0.4) is 0 Å². The molecule has 0 amide bonds. The number of hydrogen-bond donors (Lipinski definition) is 3. The highest BCUT2D eigenvalue weighted by Gasteiger charge is 2.06. The van der Waals surface area contributed by atoms with Crippen LogP contribution in [-0.4, -0.2) is 68.4 Å². The molecule has 5 nitrogen and oxygen atoms in total. The van der Waals surface area contributed by atoms with E-state index in [-0.39, 0.29) is 26.4 Å². The van der Waals surface area contributed by atoms with E-state index in [1.165, 1.54) is 0 Å². The van der Waals surface area contributed by atoms with Crippen LogP contribution in [0.25, 0.3) is 0 Å². The molecule has 0 aliphatic rings. The Kier molecular flexibility index (Phi) is 10.3. The third kappa shape index (κ3) is 10.2. The first kappa shape index (κ1) is 14.9. The minimum Gasteiger partial charge on any atom is -0.394 e. The molecule has 0 saturated heterocycles. The molecule has 88 valence electrons. The molecule has 2 unspecified atom stereocenters.